The van der Waals surface area contributed by atoms with Crippen molar-refractivity contribution in [1.82, 2.24) is 9.55 Å². The van der Waals surface area contributed by atoms with Crippen LogP contribution in [0.25, 0.3) is 17.3 Å². The fourth-order valence-electron chi connectivity index (χ4n) is 2.79. The van der Waals surface area contributed by atoms with Crippen molar-refractivity contribution in [2.24, 2.45) is 0 Å². The summed E-state index contributed by atoms with van der Waals surface area (Å²) < 4.78 is 6.73. The maximum atomic E-state index is 11.6. The number of aryl methyl sites for hydroxylation is 1. The number of nitrogens with zero attached hydrogens (tertiary/aromatic N) is 2. The molecular formula is C21H18Cl2N2O2. The molecule has 1 aromatic heterocycles. The fourth-order valence-corrected chi connectivity index (χ4v) is 3.26. The lowest BCUT2D eigenvalue weighted by Crippen LogP contribution is -2.05. The van der Waals surface area contributed by atoms with Crippen molar-refractivity contribution in [2.75, 3.05) is 7.11 Å². The van der Waals surface area contributed by atoms with Crippen LogP contribution in [0.4, 0.5) is 0 Å². The Labute approximate surface area is 168 Å². The molecule has 0 bridgehead atoms. The van der Waals surface area contributed by atoms with Crippen molar-refractivity contribution in [2.45, 2.75) is 13.5 Å². The first-order valence-corrected chi connectivity index (χ1v) is 9.07. The smallest absolute Gasteiger partial charge is 0.330 e. The first-order chi connectivity index (χ1) is 13.0. The first-order valence-electron chi connectivity index (χ1n) is 8.32. The molecule has 0 saturated heterocycles. The van der Waals surface area contributed by atoms with Crippen LogP contribution in [-0.2, 0) is 16.1 Å². The van der Waals surface area contributed by atoms with Gasteiger partial charge in [-0.1, -0.05) is 59.6 Å². The average Bonchev–Trinajstić information content (AvgIpc) is 2.98. The van der Waals surface area contributed by atoms with E-state index in [-0.39, 0.29) is 0 Å². The van der Waals surface area contributed by atoms with Gasteiger partial charge >= 0.3 is 5.97 Å². The van der Waals surface area contributed by atoms with E-state index in [1.807, 2.05) is 47.9 Å². The van der Waals surface area contributed by atoms with E-state index in [0.717, 1.165) is 28.3 Å². The van der Waals surface area contributed by atoms with Crippen molar-refractivity contribution in [3.8, 4) is 11.3 Å². The summed E-state index contributed by atoms with van der Waals surface area (Å²) in [7, 11) is 1.35. The third-order valence-corrected chi connectivity index (χ3v) is 4.75. The molecule has 0 fully saturated rings. The molecular weight excluding hydrogens is 383 g/mol. The van der Waals surface area contributed by atoms with Crippen molar-refractivity contribution >= 4 is 35.2 Å². The number of rotatable bonds is 5. The standard InChI is InChI=1S/C21H18Cl2N2O2/c1-14-24-21(15-6-4-3-5-7-15)19(10-11-20(26)27-2)25(14)13-16-8-9-17(22)12-18(16)23/h3-12H,13H2,1-2H3. The predicted molar refractivity (Wildman–Crippen MR) is 109 cm³/mol. The van der Waals surface area contributed by atoms with Crippen LogP contribution in [0.3, 0.4) is 0 Å². The number of halogens is 2. The minimum absolute atomic E-state index is 0.427. The van der Waals surface area contributed by atoms with E-state index in [9.17, 15) is 4.79 Å². The van der Waals surface area contributed by atoms with Crippen LogP contribution < -0.4 is 0 Å². The van der Waals surface area contributed by atoms with Gasteiger partial charge in [0.15, 0.2) is 0 Å². The molecule has 0 N–H and O–H groups in total. The lowest BCUT2D eigenvalue weighted by atomic mass is 10.1. The minimum atomic E-state index is -0.427. The summed E-state index contributed by atoms with van der Waals surface area (Å²) in [5.74, 6) is 0.383. The Morgan fingerprint density at radius 2 is 1.93 bits per heavy atom. The van der Waals surface area contributed by atoms with E-state index in [1.54, 1.807) is 18.2 Å². The molecule has 0 aliphatic carbocycles. The Bertz CT molecular complexity index is 995. The summed E-state index contributed by atoms with van der Waals surface area (Å²) in [5, 5.41) is 1.17. The zero-order chi connectivity index (χ0) is 19.4. The molecule has 4 nitrogen and oxygen atoms in total. The SMILES string of the molecule is COC(=O)C=Cc1c(-c2ccccc2)nc(C)n1Cc1ccc(Cl)cc1Cl. The topological polar surface area (TPSA) is 44.1 Å². The van der Waals surface area contributed by atoms with Crippen LogP contribution in [0.5, 0.6) is 0 Å². The Balaban J connectivity index is 2.10. The Hall–Kier alpha value is -2.56. The summed E-state index contributed by atoms with van der Waals surface area (Å²) in [6, 6.07) is 15.2. The molecule has 0 unspecified atom stereocenters. The van der Waals surface area contributed by atoms with Crippen molar-refractivity contribution in [3.05, 3.63) is 81.7 Å². The van der Waals surface area contributed by atoms with Crippen molar-refractivity contribution in [1.29, 1.82) is 0 Å². The third-order valence-electron chi connectivity index (χ3n) is 4.17. The molecule has 3 rings (SSSR count). The van der Waals surface area contributed by atoms with Gasteiger partial charge in [0.1, 0.15) is 5.82 Å². The van der Waals surface area contributed by atoms with Gasteiger partial charge < -0.3 is 9.30 Å². The number of esters is 1. The molecule has 0 aliphatic heterocycles. The molecule has 0 spiro atoms. The van der Waals surface area contributed by atoms with Crippen LogP contribution in [0.15, 0.2) is 54.6 Å². The molecule has 138 valence electrons. The highest BCUT2D eigenvalue weighted by Gasteiger charge is 2.16. The summed E-state index contributed by atoms with van der Waals surface area (Å²) in [5.41, 5.74) is 3.47. The van der Waals surface area contributed by atoms with Gasteiger partial charge in [-0.25, -0.2) is 9.78 Å². The summed E-state index contributed by atoms with van der Waals surface area (Å²) >= 11 is 12.3. The van der Waals surface area contributed by atoms with E-state index < -0.39 is 5.97 Å². The molecule has 27 heavy (non-hydrogen) atoms. The summed E-state index contributed by atoms with van der Waals surface area (Å²) in [4.78, 5) is 16.3. The highest BCUT2D eigenvalue weighted by molar-refractivity contribution is 6.35. The van der Waals surface area contributed by atoms with Crippen LogP contribution in [0.2, 0.25) is 10.0 Å². The highest BCUT2D eigenvalue weighted by atomic mass is 35.5. The maximum Gasteiger partial charge on any atom is 0.330 e. The first kappa shape index (κ1) is 19.2. The number of hydrogen-bond donors (Lipinski definition) is 0. The van der Waals surface area contributed by atoms with Gasteiger partial charge in [-0.05, 0) is 30.7 Å². The molecule has 0 amide bonds. The zero-order valence-corrected chi connectivity index (χ0v) is 16.5. The zero-order valence-electron chi connectivity index (χ0n) is 14.9. The Morgan fingerprint density at radius 1 is 1.19 bits per heavy atom. The van der Waals surface area contributed by atoms with Crippen LogP contribution in [0, 0.1) is 6.92 Å². The number of imidazole rings is 1. The van der Waals surface area contributed by atoms with Crippen molar-refractivity contribution < 1.29 is 9.53 Å². The van der Waals surface area contributed by atoms with Crippen LogP contribution >= 0.6 is 23.2 Å². The van der Waals surface area contributed by atoms with Gasteiger partial charge in [0.05, 0.1) is 25.0 Å². The fraction of sp³-hybridized carbons (Fsp3) is 0.143. The van der Waals surface area contributed by atoms with E-state index in [1.165, 1.54) is 13.2 Å². The number of hydrogen-bond acceptors (Lipinski definition) is 3. The molecule has 0 radical (unpaired) electrons. The molecule has 0 aliphatic rings. The van der Waals surface area contributed by atoms with Gasteiger partial charge in [-0.3, -0.25) is 0 Å². The second-order valence-corrected chi connectivity index (χ2v) is 6.78. The average molecular weight is 401 g/mol. The number of aromatic nitrogens is 2. The number of ether oxygens (including phenoxy) is 1. The van der Waals surface area contributed by atoms with E-state index in [0.29, 0.717) is 16.6 Å². The van der Waals surface area contributed by atoms with Crippen LogP contribution in [0.1, 0.15) is 17.1 Å². The summed E-state index contributed by atoms with van der Waals surface area (Å²) in [6.45, 7) is 2.42. The number of carbonyl (C=O) groups excluding carboxylic acids is 1. The molecule has 0 saturated carbocycles. The lowest BCUT2D eigenvalue weighted by Gasteiger charge is -2.11. The van der Waals surface area contributed by atoms with Gasteiger partial charge in [0.2, 0.25) is 0 Å². The number of methoxy groups -OCH3 is 1. The second-order valence-electron chi connectivity index (χ2n) is 5.94. The minimum Gasteiger partial charge on any atom is -0.466 e. The van der Waals surface area contributed by atoms with Gasteiger partial charge in [-0.2, -0.15) is 0 Å². The van der Waals surface area contributed by atoms with Gasteiger partial charge in [0.25, 0.3) is 0 Å². The van der Waals surface area contributed by atoms with E-state index in [2.05, 4.69) is 0 Å². The Morgan fingerprint density at radius 3 is 2.59 bits per heavy atom. The van der Waals surface area contributed by atoms with Gasteiger partial charge in [0, 0.05) is 21.7 Å². The largest absolute Gasteiger partial charge is 0.466 e. The number of carbonyl (C=O) groups is 1. The predicted octanol–water partition coefficient (Wildman–Crippen LogP) is 5.40. The maximum absolute atomic E-state index is 11.6. The molecule has 6 heteroatoms. The van der Waals surface area contributed by atoms with Crippen LogP contribution in [-0.4, -0.2) is 22.6 Å². The Kier molecular flexibility index (Phi) is 5.99. The molecule has 3 aromatic rings. The van der Waals surface area contributed by atoms with E-state index >= 15 is 0 Å². The number of benzene rings is 2. The summed E-state index contributed by atoms with van der Waals surface area (Å²) in [6.07, 6.45) is 3.11. The molecule has 0 atom stereocenters. The van der Waals surface area contributed by atoms with Crippen molar-refractivity contribution in [3.63, 3.8) is 0 Å². The molecule has 1 heterocycles. The second kappa shape index (κ2) is 8.42. The van der Waals surface area contributed by atoms with Gasteiger partial charge in [-0.15, -0.1) is 0 Å². The normalized spacial score (nSPS) is 11.1. The quantitative estimate of drug-likeness (QED) is 0.425. The third kappa shape index (κ3) is 4.41. The lowest BCUT2D eigenvalue weighted by molar-refractivity contribution is -0.134. The van der Waals surface area contributed by atoms with E-state index in [4.69, 9.17) is 32.9 Å². The monoisotopic (exact) mass is 400 g/mol. The highest BCUT2D eigenvalue weighted by Crippen LogP contribution is 2.28. The molecule has 2 aromatic carbocycles.